The van der Waals surface area contributed by atoms with Crippen LogP contribution in [0, 0.1) is 5.92 Å². The molecule has 0 aromatic heterocycles. The highest BCUT2D eigenvalue weighted by molar-refractivity contribution is 9.10. The molecule has 0 aliphatic heterocycles. The van der Waals surface area contributed by atoms with Crippen LogP contribution in [0.15, 0.2) is 24.3 Å². The maximum Gasteiger partial charge on any atom is 0.226 e. The molecule has 19 heavy (non-hydrogen) atoms. The summed E-state index contributed by atoms with van der Waals surface area (Å²) in [4.78, 5) is 23.5. The fourth-order valence-corrected chi connectivity index (χ4v) is 2.29. The first-order valence-corrected chi connectivity index (χ1v) is 7.46. The summed E-state index contributed by atoms with van der Waals surface area (Å²) in [6, 6.07) is 7.03. The molecule has 1 rings (SSSR count). The third-order valence-corrected chi connectivity index (χ3v) is 3.66. The van der Waals surface area contributed by atoms with Gasteiger partial charge < -0.3 is 5.32 Å². The van der Waals surface area contributed by atoms with Crippen LogP contribution in [0.25, 0.3) is 0 Å². The molecule has 0 aliphatic rings. The minimum atomic E-state index is -0.131. The molecule has 1 aromatic carbocycles. The van der Waals surface area contributed by atoms with Crippen LogP contribution >= 0.6 is 15.9 Å². The second-order valence-corrected chi connectivity index (χ2v) is 5.95. The summed E-state index contributed by atoms with van der Waals surface area (Å²) in [6.07, 6.45) is 1.79. The lowest BCUT2D eigenvalue weighted by molar-refractivity contribution is -0.118. The number of anilines is 1. The van der Waals surface area contributed by atoms with E-state index in [-0.39, 0.29) is 22.4 Å². The highest BCUT2D eigenvalue weighted by Crippen LogP contribution is 2.17. The molecule has 3 nitrogen and oxygen atoms in total. The molecular weight excluding hydrogens is 306 g/mol. The van der Waals surface area contributed by atoms with Crippen LogP contribution in [0.1, 0.15) is 44.0 Å². The van der Waals surface area contributed by atoms with Crippen molar-refractivity contribution in [1.29, 1.82) is 0 Å². The summed E-state index contributed by atoms with van der Waals surface area (Å²) in [7, 11) is 0. The molecule has 0 heterocycles. The molecule has 1 atom stereocenters. The van der Waals surface area contributed by atoms with Crippen molar-refractivity contribution in [3.8, 4) is 0 Å². The number of alkyl halides is 1. The number of hydrogen-bond acceptors (Lipinski definition) is 2. The van der Waals surface area contributed by atoms with E-state index in [1.54, 1.807) is 24.3 Å². The van der Waals surface area contributed by atoms with Gasteiger partial charge in [0.25, 0.3) is 0 Å². The summed E-state index contributed by atoms with van der Waals surface area (Å²) in [5.74, 6) is 0.00444. The number of Topliss-reactive ketones (excluding diaryl/α,β-unsaturated/α-hetero) is 1. The smallest absolute Gasteiger partial charge is 0.226 e. The Kier molecular flexibility index (Phi) is 6.22. The third-order valence-electron chi connectivity index (χ3n) is 2.79. The van der Waals surface area contributed by atoms with Crippen molar-refractivity contribution in [2.24, 2.45) is 5.92 Å². The molecular formula is C15H20BrNO2. The first-order chi connectivity index (χ1) is 8.95. The fraction of sp³-hybridized carbons (Fsp3) is 0.467. The Balaban J connectivity index is 2.71. The van der Waals surface area contributed by atoms with Gasteiger partial charge in [0.1, 0.15) is 0 Å². The number of nitrogens with one attached hydrogen (secondary N) is 1. The average molecular weight is 326 g/mol. The summed E-state index contributed by atoms with van der Waals surface area (Å²) in [5.41, 5.74) is 1.38. The molecule has 0 saturated carbocycles. The van der Waals surface area contributed by atoms with E-state index in [4.69, 9.17) is 0 Å². The number of amides is 1. The number of carbonyl (C=O) groups is 2. The number of halogens is 1. The fourth-order valence-electron chi connectivity index (χ4n) is 1.57. The molecule has 1 unspecified atom stereocenters. The van der Waals surface area contributed by atoms with Crippen molar-refractivity contribution in [2.45, 2.75) is 38.4 Å². The van der Waals surface area contributed by atoms with E-state index in [0.29, 0.717) is 5.56 Å². The first-order valence-electron chi connectivity index (χ1n) is 6.55. The van der Waals surface area contributed by atoms with E-state index in [9.17, 15) is 9.59 Å². The van der Waals surface area contributed by atoms with Crippen molar-refractivity contribution >= 4 is 33.3 Å². The lowest BCUT2D eigenvalue weighted by Crippen LogP contribution is -2.18. The van der Waals surface area contributed by atoms with Gasteiger partial charge in [-0.25, -0.2) is 0 Å². The van der Waals surface area contributed by atoms with Gasteiger partial charge in [0.15, 0.2) is 5.78 Å². The highest BCUT2D eigenvalue weighted by atomic mass is 79.9. The number of hydrogen-bond donors (Lipinski definition) is 1. The normalized spacial score (nSPS) is 12.3. The standard InChI is InChI=1S/C15H20BrNO2/c1-4-5-13(16)14(18)11-6-8-12(9-7-11)17-15(19)10(2)3/h6-10,13H,4-5H2,1-3H3,(H,17,19). The predicted octanol–water partition coefficient (Wildman–Crippen LogP) is 4.03. The summed E-state index contributed by atoms with van der Waals surface area (Å²) >= 11 is 3.40. The van der Waals surface area contributed by atoms with E-state index in [2.05, 4.69) is 21.2 Å². The van der Waals surface area contributed by atoms with Crippen molar-refractivity contribution in [1.82, 2.24) is 0 Å². The van der Waals surface area contributed by atoms with Gasteiger partial charge in [-0.1, -0.05) is 43.1 Å². The Bertz CT molecular complexity index is 440. The molecule has 1 N–H and O–H groups in total. The molecule has 0 bridgehead atoms. The Hall–Kier alpha value is -1.16. The Morgan fingerprint density at radius 3 is 2.26 bits per heavy atom. The third kappa shape index (κ3) is 4.78. The average Bonchev–Trinajstić information content (AvgIpc) is 2.39. The van der Waals surface area contributed by atoms with E-state index in [0.717, 1.165) is 18.5 Å². The van der Waals surface area contributed by atoms with Crippen molar-refractivity contribution in [2.75, 3.05) is 5.32 Å². The van der Waals surface area contributed by atoms with Gasteiger partial charge in [0.05, 0.1) is 4.83 Å². The van der Waals surface area contributed by atoms with Crippen molar-refractivity contribution in [3.63, 3.8) is 0 Å². The summed E-state index contributed by atoms with van der Waals surface area (Å²) in [5, 5.41) is 2.80. The molecule has 0 spiro atoms. The molecule has 0 fully saturated rings. The molecule has 0 saturated heterocycles. The zero-order valence-electron chi connectivity index (χ0n) is 11.6. The summed E-state index contributed by atoms with van der Waals surface area (Å²) < 4.78 is 0. The molecule has 104 valence electrons. The van der Waals surface area contributed by atoms with Gasteiger partial charge in [-0.3, -0.25) is 9.59 Å². The van der Waals surface area contributed by atoms with Gasteiger partial charge in [0, 0.05) is 17.2 Å². The van der Waals surface area contributed by atoms with Crippen LogP contribution in [-0.2, 0) is 4.79 Å². The summed E-state index contributed by atoms with van der Waals surface area (Å²) in [6.45, 7) is 5.73. The number of ketones is 1. The van der Waals surface area contributed by atoms with Crippen LogP contribution in [0.4, 0.5) is 5.69 Å². The number of rotatable bonds is 6. The van der Waals surface area contributed by atoms with Gasteiger partial charge in [0.2, 0.25) is 5.91 Å². The highest BCUT2D eigenvalue weighted by Gasteiger charge is 2.16. The van der Waals surface area contributed by atoms with Gasteiger partial charge in [-0.15, -0.1) is 0 Å². The van der Waals surface area contributed by atoms with E-state index in [1.807, 2.05) is 20.8 Å². The molecule has 0 aliphatic carbocycles. The quantitative estimate of drug-likeness (QED) is 0.634. The van der Waals surface area contributed by atoms with Crippen LogP contribution < -0.4 is 5.32 Å². The second kappa shape index (κ2) is 7.43. The van der Waals surface area contributed by atoms with Crippen LogP contribution in [0.3, 0.4) is 0 Å². The van der Waals surface area contributed by atoms with Crippen molar-refractivity contribution < 1.29 is 9.59 Å². The maximum atomic E-state index is 12.0. The van der Waals surface area contributed by atoms with Crippen LogP contribution in [0.2, 0.25) is 0 Å². The zero-order valence-corrected chi connectivity index (χ0v) is 13.2. The first kappa shape index (κ1) is 15.9. The largest absolute Gasteiger partial charge is 0.326 e. The monoisotopic (exact) mass is 325 g/mol. The molecule has 4 heteroatoms. The molecule has 1 amide bonds. The minimum absolute atomic E-state index is 0.0246. The van der Waals surface area contributed by atoms with Gasteiger partial charge in [-0.05, 0) is 30.7 Å². The second-order valence-electron chi connectivity index (χ2n) is 4.84. The molecule has 1 aromatic rings. The van der Waals surface area contributed by atoms with Crippen LogP contribution in [-0.4, -0.2) is 16.5 Å². The Morgan fingerprint density at radius 1 is 1.21 bits per heavy atom. The van der Waals surface area contributed by atoms with Crippen LogP contribution in [0.5, 0.6) is 0 Å². The predicted molar refractivity (Wildman–Crippen MR) is 81.9 cm³/mol. The maximum absolute atomic E-state index is 12.0. The van der Waals surface area contributed by atoms with E-state index in [1.165, 1.54) is 0 Å². The topological polar surface area (TPSA) is 46.2 Å². The van der Waals surface area contributed by atoms with Gasteiger partial charge in [-0.2, -0.15) is 0 Å². The van der Waals surface area contributed by atoms with E-state index >= 15 is 0 Å². The lowest BCUT2D eigenvalue weighted by atomic mass is 10.1. The van der Waals surface area contributed by atoms with E-state index < -0.39 is 0 Å². The SMILES string of the molecule is CCCC(Br)C(=O)c1ccc(NC(=O)C(C)C)cc1. The Morgan fingerprint density at radius 2 is 1.79 bits per heavy atom. The number of benzene rings is 1. The Labute approximate surface area is 122 Å². The zero-order chi connectivity index (χ0) is 14.4. The van der Waals surface area contributed by atoms with Crippen molar-refractivity contribution in [3.05, 3.63) is 29.8 Å². The number of carbonyl (C=O) groups excluding carboxylic acids is 2. The molecule has 0 radical (unpaired) electrons. The lowest BCUT2D eigenvalue weighted by Gasteiger charge is -2.10. The van der Waals surface area contributed by atoms with Gasteiger partial charge >= 0.3 is 0 Å². The minimum Gasteiger partial charge on any atom is -0.326 e.